The van der Waals surface area contributed by atoms with E-state index in [9.17, 15) is 9.90 Å². The number of aromatic nitrogens is 2. The van der Waals surface area contributed by atoms with Crippen LogP contribution in [-0.2, 0) is 0 Å². The van der Waals surface area contributed by atoms with Crippen molar-refractivity contribution in [2.75, 3.05) is 6.54 Å². The number of H-pyrrole nitrogens is 1. The van der Waals surface area contributed by atoms with Crippen LogP contribution in [0.4, 0.5) is 0 Å². The van der Waals surface area contributed by atoms with Gasteiger partial charge >= 0.3 is 0 Å². The van der Waals surface area contributed by atoms with Crippen LogP contribution in [-0.4, -0.2) is 44.3 Å². The lowest BCUT2D eigenvalue weighted by Crippen LogP contribution is -2.50. The first-order valence-corrected chi connectivity index (χ1v) is 8.04. The van der Waals surface area contributed by atoms with E-state index >= 15 is 0 Å². The number of aliphatic hydroxyl groups is 1. The highest BCUT2D eigenvalue weighted by Gasteiger charge is 2.44. The number of hydrogen-bond acceptors (Lipinski definition) is 3. The van der Waals surface area contributed by atoms with E-state index in [2.05, 4.69) is 10.2 Å². The Balaban J connectivity index is 1.80. The smallest absolute Gasteiger partial charge is 0.274 e. The highest BCUT2D eigenvalue weighted by molar-refractivity contribution is 5.92. The van der Waals surface area contributed by atoms with Gasteiger partial charge in [0.1, 0.15) is 5.69 Å². The molecule has 3 rings (SSSR count). The summed E-state index contributed by atoms with van der Waals surface area (Å²) in [7, 11) is 0. The van der Waals surface area contributed by atoms with Gasteiger partial charge in [0.05, 0.1) is 5.60 Å². The minimum absolute atomic E-state index is 0.00298. The summed E-state index contributed by atoms with van der Waals surface area (Å²) in [5.41, 5.74) is 0.751. The highest BCUT2D eigenvalue weighted by atomic mass is 16.3. The maximum Gasteiger partial charge on any atom is 0.274 e. The Morgan fingerprint density at radius 1 is 1.43 bits per heavy atom. The van der Waals surface area contributed by atoms with E-state index in [4.69, 9.17) is 0 Å². The van der Waals surface area contributed by atoms with Crippen LogP contribution in [0.1, 0.15) is 61.6 Å². The number of likely N-dealkylation sites (tertiary alicyclic amines) is 1. The molecule has 5 nitrogen and oxygen atoms in total. The Labute approximate surface area is 125 Å². The Kier molecular flexibility index (Phi) is 3.78. The molecule has 0 aromatic carbocycles. The molecule has 21 heavy (non-hydrogen) atoms. The van der Waals surface area contributed by atoms with E-state index in [1.165, 1.54) is 0 Å². The third-order valence-electron chi connectivity index (χ3n) is 5.20. The zero-order valence-corrected chi connectivity index (χ0v) is 12.9. The van der Waals surface area contributed by atoms with Gasteiger partial charge in [-0.1, -0.05) is 12.8 Å². The number of nitrogens with zero attached hydrogens (tertiary/aromatic N) is 2. The molecule has 0 bridgehead atoms. The first-order valence-electron chi connectivity index (χ1n) is 8.04. The summed E-state index contributed by atoms with van der Waals surface area (Å²) in [6.45, 7) is 4.62. The van der Waals surface area contributed by atoms with E-state index in [0.29, 0.717) is 5.69 Å². The predicted molar refractivity (Wildman–Crippen MR) is 80.0 cm³/mol. The zero-order chi connectivity index (χ0) is 15.0. The average Bonchev–Trinajstić information content (AvgIpc) is 3.06. The molecule has 1 amide bonds. The van der Waals surface area contributed by atoms with Gasteiger partial charge < -0.3 is 10.0 Å². The van der Waals surface area contributed by atoms with Crippen molar-refractivity contribution in [2.24, 2.45) is 5.92 Å². The van der Waals surface area contributed by atoms with E-state index in [1.54, 1.807) is 6.07 Å². The molecule has 1 saturated heterocycles. The molecule has 1 aromatic heterocycles. The molecule has 0 spiro atoms. The van der Waals surface area contributed by atoms with Crippen molar-refractivity contribution in [3.05, 3.63) is 17.5 Å². The molecule has 2 heterocycles. The second-order valence-electron chi connectivity index (χ2n) is 6.85. The Bertz CT molecular complexity index is 523. The van der Waals surface area contributed by atoms with Crippen LogP contribution in [0, 0.1) is 12.8 Å². The molecule has 5 heteroatoms. The van der Waals surface area contributed by atoms with E-state index < -0.39 is 5.60 Å². The summed E-state index contributed by atoms with van der Waals surface area (Å²) in [6.07, 6.45) is 6.12. The topological polar surface area (TPSA) is 69.2 Å². The van der Waals surface area contributed by atoms with Gasteiger partial charge in [-0.05, 0) is 45.6 Å². The van der Waals surface area contributed by atoms with Crippen molar-refractivity contribution < 1.29 is 9.90 Å². The molecular weight excluding hydrogens is 266 g/mol. The molecule has 2 fully saturated rings. The van der Waals surface area contributed by atoms with Crippen molar-refractivity contribution in [3.8, 4) is 0 Å². The molecule has 3 atom stereocenters. The predicted octanol–water partition coefficient (Wildman–Crippen LogP) is 2.26. The first-order chi connectivity index (χ1) is 9.99. The molecule has 116 valence electrons. The maximum absolute atomic E-state index is 12.7. The first kappa shape index (κ1) is 14.6. The Morgan fingerprint density at radius 3 is 2.90 bits per heavy atom. The van der Waals surface area contributed by atoms with Crippen LogP contribution >= 0.6 is 0 Å². The standard InChI is InChI=1S/C16H25N3O2/c1-11-10-13(18-17-11)15(20)19-9-5-7-14(19)12-6-3-4-8-16(12,2)21/h10,12,14,21H,3-9H2,1-2H3,(H,17,18)/t12-,14-,16+/m1/s1. The monoisotopic (exact) mass is 291 g/mol. The summed E-state index contributed by atoms with van der Waals surface area (Å²) in [6, 6.07) is 1.96. The van der Waals surface area contributed by atoms with Gasteiger partial charge in [0, 0.05) is 24.2 Å². The maximum atomic E-state index is 12.7. The lowest BCUT2D eigenvalue weighted by atomic mass is 9.72. The summed E-state index contributed by atoms with van der Waals surface area (Å²) >= 11 is 0. The lowest BCUT2D eigenvalue weighted by molar-refractivity contribution is -0.0578. The Hall–Kier alpha value is -1.36. The number of aromatic amines is 1. The third-order valence-corrected chi connectivity index (χ3v) is 5.20. The van der Waals surface area contributed by atoms with Gasteiger partial charge in [0.15, 0.2) is 0 Å². The summed E-state index contributed by atoms with van der Waals surface area (Å²) in [4.78, 5) is 14.6. The van der Waals surface area contributed by atoms with Crippen LogP contribution in [0.15, 0.2) is 6.07 Å². The number of carbonyl (C=O) groups is 1. The van der Waals surface area contributed by atoms with E-state index in [1.807, 2.05) is 18.7 Å². The summed E-state index contributed by atoms with van der Waals surface area (Å²) < 4.78 is 0. The van der Waals surface area contributed by atoms with Crippen LogP contribution in [0.3, 0.4) is 0 Å². The zero-order valence-electron chi connectivity index (χ0n) is 12.9. The fourth-order valence-corrected chi connectivity index (χ4v) is 4.09. The summed E-state index contributed by atoms with van der Waals surface area (Å²) in [5, 5.41) is 17.6. The van der Waals surface area contributed by atoms with Crippen LogP contribution in [0.5, 0.6) is 0 Å². The largest absolute Gasteiger partial charge is 0.390 e. The second kappa shape index (κ2) is 5.44. The molecule has 2 aliphatic rings. The number of aryl methyl sites for hydroxylation is 1. The van der Waals surface area contributed by atoms with Crippen LogP contribution < -0.4 is 0 Å². The van der Waals surface area contributed by atoms with Crippen molar-refractivity contribution in [3.63, 3.8) is 0 Å². The van der Waals surface area contributed by atoms with Gasteiger partial charge in [0.25, 0.3) is 5.91 Å². The van der Waals surface area contributed by atoms with Gasteiger partial charge in [-0.15, -0.1) is 0 Å². The minimum atomic E-state index is -0.646. The van der Waals surface area contributed by atoms with Crippen molar-refractivity contribution in [1.82, 2.24) is 15.1 Å². The van der Waals surface area contributed by atoms with Gasteiger partial charge in [0.2, 0.25) is 0 Å². The second-order valence-corrected chi connectivity index (χ2v) is 6.85. The molecule has 1 aromatic rings. The molecule has 2 N–H and O–H groups in total. The fraction of sp³-hybridized carbons (Fsp3) is 0.750. The van der Waals surface area contributed by atoms with Crippen LogP contribution in [0.25, 0.3) is 0 Å². The van der Waals surface area contributed by atoms with E-state index in [-0.39, 0.29) is 17.9 Å². The fourth-order valence-electron chi connectivity index (χ4n) is 4.09. The average molecular weight is 291 g/mol. The number of rotatable bonds is 2. The number of hydrogen-bond donors (Lipinski definition) is 2. The van der Waals surface area contributed by atoms with Crippen molar-refractivity contribution in [1.29, 1.82) is 0 Å². The molecule has 0 unspecified atom stereocenters. The normalized spacial score (nSPS) is 33.4. The Morgan fingerprint density at radius 2 is 2.24 bits per heavy atom. The minimum Gasteiger partial charge on any atom is -0.390 e. The van der Waals surface area contributed by atoms with Gasteiger partial charge in [-0.2, -0.15) is 5.10 Å². The quantitative estimate of drug-likeness (QED) is 0.878. The van der Waals surface area contributed by atoms with Crippen molar-refractivity contribution >= 4 is 5.91 Å². The number of carbonyl (C=O) groups excluding carboxylic acids is 1. The van der Waals surface area contributed by atoms with E-state index in [0.717, 1.165) is 50.8 Å². The molecule has 0 radical (unpaired) electrons. The number of amides is 1. The molecule has 1 saturated carbocycles. The number of nitrogens with one attached hydrogen (secondary N) is 1. The van der Waals surface area contributed by atoms with Gasteiger partial charge in [-0.25, -0.2) is 0 Å². The lowest BCUT2D eigenvalue weighted by Gasteiger charge is -2.43. The SMILES string of the molecule is Cc1cc(C(=O)N2CCC[C@@H]2[C@H]2CCCC[C@]2(C)O)n[nH]1. The molecular formula is C16H25N3O2. The summed E-state index contributed by atoms with van der Waals surface area (Å²) in [5.74, 6) is 0.195. The molecule has 1 aliphatic heterocycles. The molecule has 1 aliphatic carbocycles. The van der Waals surface area contributed by atoms with Crippen molar-refractivity contribution in [2.45, 2.75) is 64.0 Å². The third kappa shape index (κ3) is 2.71. The van der Waals surface area contributed by atoms with Crippen LogP contribution in [0.2, 0.25) is 0 Å². The highest BCUT2D eigenvalue weighted by Crippen LogP contribution is 2.40. The van der Waals surface area contributed by atoms with Gasteiger partial charge in [-0.3, -0.25) is 9.89 Å².